The minimum Gasteiger partial charge on any atom is -0.343 e. The molecule has 1 aliphatic heterocycles. The van der Waals surface area contributed by atoms with Crippen molar-refractivity contribution in [2.75, 3.05) is 13.2 Å². The minimum absolute atomic E-state index is 0.0555. The predicted octanol–water partition coefficient (Wildman–Crippen LogP) is 2.05. The van der Waals surface area contributed by atoms with Gasteiger partial charge in [-0.1, -0.05) is 0 Å². The van der Waals surface area contributed by atoms with Gasteiger partial charge in [0.15, 0.2) is 0 Å². The third-order valence-corrected chi connectivity index (χ3v) is 2.84. The Morgan fingerprint density at radius 1 is 1.67 bits per heavy atom. The number of halogens is 1. The van der Waals surface area contributed by atoms with Crippen molar-refractivity contribution in [3.05, 3.63) is 22.4 Å². The number of hydroxylamine groups is 2. The van der Waals surface area contributed by atoms with Crippen molar-refractivity contribution in [1.82, 2.24) is 9.63 Å². The van der Waals surface area contributed by atoms with Crippen molar-refractivity contribution in [3.8, 4) is 0 Å². The standard InChI is InChI=1S/C10H13BrN2O2/c1-2-12-7-8(11)6-9(12)10(14)13-4-3-5-15-13/h6-7H,2-5H2,1H3. The van der Waals surface area contributed by atoms with Crippen LogP contribution in [-0.2, 0) is 11.4 Å². The van der Waals surface area contributed by atoms with Crippen molar-refractivity contribution in [2.45, 2.75) is 19.9 Å². The SMILES string of the molecule is CCn1cc(Br)cc1C(=O)N1CCCO1. The van der Waals surface area contributed by atoms with Gasteiger partial charge in [-0.15, -0.1) is 0 Å². The summed E-state index contributed by atoms with van der Waals surface area (Å²) < 4.78 is 2.83. The smallest absolute Gasteiger partial charge is 0.294 e. The first-order chi connectivity index (χ1) is 7.22. The Morgan fingerprint density at radius 2 is 2.47 bits per heavy atom. The summed E-state index contributed by atoms with van der Waals surface area (Å²) in [5.41, 5.74) is 0.672. The molecule has 0 aromatic carbocycles. The normalized spacial score (nSPS) is 16.0. The van der Waals surface area contributed by atoms with E-state index in [0.717, 1.165) is 17.4 Å². The van der Waals surface area contributed by atoms with E-state index < -0.39 is 0 Å². The Hall–Kier alpha value is -0.810. The number of rotatable bonds is 2. The van der Waals surface area contributed by atoms with Crippen LogP contribution in [0.5, 0.6) is 0 Å². The van der Waals surface area contributed by atoms with E-state index in [1.165, 1.54) is 5.06 Å². The second kappa shape index (κ2) is 4.37. The number of hydrogen-bond acceptors (Lipinski definition) is 2. The molecule has 1 aromatic heterocycles. The zero-order valence-corrected chi connectivity index (χ0v) is 10.2. The first-order valence-corrected chi connectivity index (χ1v) is 5.82. The Morgan fingerprint density at radius 3 is 3.07 bits per heavy atom. The molecule has 1 saturated heterocycles. The highest BCUT2D eigenvalue weighted by Crippen LogP contribution is 2.18. The number of aryl methyl sites for hydroxylation is 1. The van der Waals surface area contributed by atoms with Gasteiger partial charge in [0.05, 0.1) is 13.2 Å². The zero-order valence-electron chi connectivity index (χ0n) is 8.57. The third-order valence-electron chi connectivity index (χ3n) is 2.40. The van der Waals surface area contributed by atoms with Crippen molar-refractivity contribution < 1.29 is 9.63 Å². The Labute approximate surface area is 96.9 Å². The molecule has 0 unspecified atom stereocenters. The lowest BCUT2D eigenvalue weighted by molar-refractivity contribution is -0.0774. The van der Waals surface area contributed by atoms with E-state index in [0.29, 0.717) is 18.8 Å². The molecule has 1 aliphatic rings. The Kier molecular flexibility index (Phi) is 3.11. The van der Waals surface area contributed by atoms with Gasteiger partial charge in [-0.3, -0.25) is 9.63 Å². The van der Waals surface area contributed by atoms with Gasteiger partial charge < -0.3 is 4.57 Å². The molecule has 0 radical (unpaired) electrons. The van der Waals surface area contributed by atoms with Gasteiger partial charge in [0.25, 0.3) is 5.91 Å². The molecule has 0 aliphatic carbocycles. The van der Waals surface area contributed by atoms with Gasteiger partial charge in [-0.25, -0.2) is 5.06 Å². The van der Waals surface area contributed by atoms with Gasteiger partial charge in [0.1, 0.15) is 5.69 Å². The average molecular weight is 273 g/mol. The molecule has 0 N–H and O–H groups in total. The lowest BCUT2D eigenvalue weighted by Crippen LogP contribution is -2.28. The van der Waals surface area contributed by atoms with Crippen molar-refractivity contribution in [3.63, 3.8) is 0 Å². The molecule has 5 heteroatoms. The van der Waals surface area contributed by atoms with Gasteiger partial charge >= 0.3 is 0 Å². The van der Waals surface area contributed by atoms with Gasteiger partial charge in [-0.05, 0) is 35.3 Å². The van der Waals surface area contributed by atoms with Crippen LogP contribution in [0.25, 0.3) is 0 Å². The van der Waals surface area contributed by atoms with Crippen molar-refractivity contribution in [2.24, 2.45) is 0 Å². The van der Waals surface area contributed by atoms with E-state index in [1.54, 1.807) is 0 Å². The Bertz CT molecular complexity index is 369. The van der Waals surface area contributed by atoms with Crippen LogP contribution >= 0.6 is 15.9 Å². The maximum Gasteiger partial charge on any atom is 0.294 e. The maximum absolute atomic E-state index is 12.0. The highest BCUT2D eigenvalue weighted by molar-refractivity contribution is 9.10. The maximum atomic E-state index is 12.0. The van der Waals surface area contributed by atoms with E-state index in [4.69, 9.17) is 4.84 Å². The molecule has 15 heavy (non-hydrogen) atoms. The number of carbonyl (C=O) groups excluding carboxylic acids is 1. The predicted molar refractivity (Wildman–Crippen MR) is 59.4 cm³/mol. The van der Waals surface area contributed by atoms with Crippen molar-refractivity contribution >= 4 is 21.8 Å². The zero-order chi connectivity index (χ0) is 10.8. The summed E-state index contributed by atoms with van der Waals surface area (Å²) >= 11 is 3.37. The first kappa shape index (κ1) is 10.7. The minimum atomic E-state index is -0.0555. The van der Waals surface area contributed by atoms with Gasteiger partial charge in [0, 0.05) is 17.2 Å². The second-order valence-corrected chi connectivity index (χ2v) is 4.34. The summed E-state index contributed by atoms with van der Waals surface area (Å²) in [7, 11) is 0. The molecule has 2 heterocycles. The van der Waals surface area contributed by atoms with Crippen LogP contribution in [0.4, 0.5) is 0 Å². The van der Waals surface area contributed by atoms with Crippen LogP contribution in [-0.4, -0.2) is 28.7 Å². The second-order valence-electron chi connectivity index (χ2n) is 3.42. The van der Waals surface area contributed by atoms with E-state index >= 15 is 0 Å². The molecule has 0 atom stereocenters. The topological polar surface area (TPSA) is 34.5 Å². The summed E-state index contributed by atoms with van der Waals surface area (Å²) in [6.45, 7) is 4.11. The molecular formula is C10H13BrN2O2. The van der Waals surface area contributed by atoms with E-state index in [-0.39, 0.29) is 5.91 Å². The first-order valence-electron chi connectivity index (χ1n) is 5.03. The van der Waals surface area contributed by atoms with Gasteiger partial charge in [0.2, 0.25) is 0 Å². The highest BCUT2D eigenvalue weighted by atomic mass is 79.9. The summed E-state index contributed by atoms with van der Waals surface area (Å²) in [5, 5.41) is 1.44. The summed E-state index contributed by atoms with van der Waals surface area (Å²) in [5.74, 6) is -0.0555. The molecular weight excluding hydrogens is 260 g/mol. The average Bonchev–Trinajstić information content (AvgIpc) is 2.84. The number of carbonyl (C=O) groups is 1. The van der Waals surface area contributed by atoms with Crippen LogP contribution in [0.1, 0.15) is 23.8 Å². The highest BCUT2D eigenvalue weighted by Gasteiger charge is 2.23. The fourth-order valence-corrected chi connectivity index (χ4v) is 2.11. The summed E-state index contributed by atoms with van der Waals surface area (Å²) in [6, 6.07) is 1.83. The third kappa shape index (κ3) is 2.08. The number of amides is 1. The lowest BCUT2D eigenvalue weighted by Gasteiger charge is -2.14. The molecule has 2 rings (SSSR count). The van der Waals surface area contributed by atoms with Crippen LogP contribution in [0, 0.1) is 0 Å². The molecule has 0 spiro atoms. The fraction of sp³-hybridized carbons (Fsp3) is 0.500. The van der Waals surface area contributed by atoms with E-state index in [2.05, 4.69) is 15.9 Å². The molecule has 82 valence electrons. The van der Waals surface area contributed by atoms with E-state index in [1.807, 2.05) is 23.8 Å². The molecule has 0 bridgehead atoms. The van der Waals surface area contributed by atoms with Crippen LogP contribution < -0.4 is 0 Å². The lowest BCUT2D eigenvalue weighted by atomic mass is 10.4. The van der Waals surface area contributed by atoms with Crippen LogP contribution in [0.2, 0.25) is 0 Å². The van der Waals surface area contributed by atoms with Gasteiger partial charge in [-0.2, -0.15) is 0 Å². The fourth-order valence-electron chi connectivity index (χ4n) is 1.65. The van der Waals surface area contributed by atoms with Crippen LogP contribution in [0.3, 0.4) is 0 Å². The molecule has 1 fully saturated rings. The molecule has 1 aromatic rings. The number of hydrogen-bond donors (Lipinski definition) is 0. The Balaban J connectivity index is 2.23. The summed E-state index contributed by atoms with van der Waals surface area (Å²) in [6.07, 6.45) is 2.82. The largest absolute Gasteiger partial charge is 0.343 e. The number of nitrogens with zero attached hydrogens (tertiary/aromatic N) is 2. The summed E-state index contributed by atoms with van der Waals surface area (Å²) in [4.78, 5) is 17.2. The molecule has 1 amide bonds. The van der Waals surface area contributed by atoms with Crippen LogP contribution in [0.15, 0.2) is 16.7 Å². The quantitative estimate of drug-likeness (QED) is 0.826. The van der Waals surface area contributed by atoms with E-state index in [9.17, 15) is 4.79 Å². The monoisotopic (exact) mass is 272 g/mol. The van der Waals surface area contributed by atoms with Crippen molar-refractivity contribution in [1.29, 1.82) is 0 Å². The number of aromatic nitrogens is 1. The molecule has 4 nitrogen and oxygen atoms in total. The molecule has 0 saturated carbocycles.